The second kappa shape index (κ2) is 10.9. The van der Waals surface area contributed by atoms with Crippen molar-refractivity contribution in [2.75, 3.05) is 27.4 Å². The first kappa shape index (κ1) is 24.2. The van der Waals surface area contributed by atoms with Crippen LogP contribution in [0.3, 0.4) is 0 Å². The van der Waals surface area contributed by atoms with Gasteiger partial charge in [-0.15, -0.1) is 0 Å². The monoisotopic (exact) mass is 453 g/mol. The summed E-state index contributed by atoms with van der Waals surface area (Å²) in [5.74, 6) is -0.0199. The highest BCUT2D eigenvalue weighted by molar-refractivity contribution is 6.46. The van der Waals surface area contributed by atoms with Crippen molar-refractivity contribution in [3.05, 3.63) is 59.2 Å². The standard InChI is InChI=1S/C26H31NO6/c1-5-7-8-14-27-23(17-10-9-11-19(15-17)33-6-2)22(25(29)26(27)30)24(28)18-12-13-20(31-3)21(16-18)32-4/h9-13,15-16,23,28H,5-8,14H2,1-4H3/b24-22+. The number of unbranched alkanes of at least 4 members (excludes halogenated alkanes) is 2. The fourth-order valence-electron chi connectivity index (χ4n) is 4.07. The Bertz CT molecular complexity index is 1040. The number of aliphatic hydroxyl groups excluding tert-OH is 1. The van der Waals surface area contributed by atoms with Crippen LogP contribution in [-0.2, 0) is 9.59 Å². The van der Waals surface area contributed by atoms with Gasteiger partial charge in [0.1, 0.15) is 11.5 Å². The number of hydrogen-bond acceptors (Lipinski definition) is 6. The fourth-order valence-corrected chi connectivity index (χ4v) is 4.07. The van der Waals surface area contributed by atoms with Crippen LogP contribution in [0.4, 0.5) is 0 Å². The number of hydrogen-bond donors (Lipinski definition) is 1. The van der Waals surface area contributed by atoms with E-state index in [1.54, 1.807) is 23.1 Å². The minimum Gasteiger partial charge on any atom is -0.507 e. The maximum absolute atomic E-state index is 13.1. The summed E-state index contributed by atoms with van der Waals surface area (Å²) in [5.41, 5.74) is 1.13. The molecule has 0 aromatic heterocycles. The van der Waals surface area contributed by atoms with Crippen LogP contribution in [-0.4, -0.2) is 49.1 Å². The van der Waals surface area contributed by atoms with E-state index in [-0.39, 0.29) is 11.3 Å². The summed E-state index contributed by atoms with van der Waals surface area (Å²) in [5, 5.41) is 11.2. The van der Waals surface area contributed by atoms with E-state index in [4.69, 9.17) is 14.2 Å². The zero-order chi connectivity index (χ0) is 24.0. The van der Waals surface area contributed by atoms with E-state index in [0.717, 1.165) is 19.3 Å². The highest BCUT2D eigenvalue weighted by Crippen LogP contribution is 2.41. The summed E-state index contributed by atoms with van der Waals surface area (Å²) in [6.07, 6.45) is 2.69. The van der Waals surface area contributed by atoms with Gasteiger partial charge in [0.2, 0.25) is 0 Å². The zero-order valence-corrected chi connectivity index (χ0v) is 19.6. The number of ketones is 1. The number of Topliss-reactive ketones (excluding diaryl/α,β-unsaturated/α-hetero) is 1. The molecule has 2 aromatic carbocycles. The summed E-state index contributed by atoms with van der Waals surface area (Å²) in [7, 11) is 3.01. The highest BCUT2D eigenvalue weighted by Gasteiger charge is 2.45. The van der Waals surface area contributed by atoms with Crippen molar-refractivity contribution in [2.24, 2.45) is 0 Å². The molecule has 3 rings (SSSR count). The summed E-state index contributed by atoms with van der Waals surface area (Å²) in [6, 6.07) is 11.5. The number of carbonyl (C=O) groups is 2. The van der Waals surface area contributed by atoms with Gasteiger partial charge in [-0.05, 0) is 49.2 Å². The molecule has 1 N–H and O–H groups in total. The smallest absolute Gasteiger partial charge is 0.295 e. The first-order valence-corrected chi connectivity index (χ1v) is 11.2. The lowest BCUT2D eigenvalue weighted by molar-refractivity contribution is -0.139. The molecule has 0 bridgehead atoms. The summed E-state index contributed by atoms with van der Waals surface area (Å²) in [6.45, 7) is 4.88. The summed E-state index contributed by atoms with van der Waals surface area (Å²) < 4.78 is 16.2. The Morgan fingerprint density at radius 1 is 1.00 bits per heavy atom. The van der Waals surface area contributed by atoms with Gasteiger partial charge in [0.25, 0.3) is 11.7 Å². The van der Waals surface area contributed by atoms with E-state index in [2.05, 4.69) is 6.92 Å². The maximum Gasteiger partial charge on any atom is 0.295 e. The van der Waals surface area contributed by atoms with Crippen molar-refractivity contribution in [1.29, 1.82) is 0 Å². The molecule has 2 aromatic rings. The zero-order valence-electron chi connectivity index (χ0n) is 19.6. The Morgan fingerprint density at radius 2 is 1.76 bits per heavy atom. The molecule has 0 radical (unpaired) electrons. The maximum atomic E-state index is 13.1. The number of methoxy groups -OCH3 is 2. The van der Waals surface area contributed by atoms with Crippen LogP contribution in [0.15, 0.2) is 48.0 Å². The van der Waals surface area contributed by atoms with Crippen molar-refractivity contribution in [2.45, 2.75) is 39.2 Å². The van der Waals surface area contributed by atoms with Crippen LogP contribution < -0.4 is 14.2 Å². The van der Waals surface area contributed by atoms with E-state index in [9.17, 15) is 14.7 Å². The van der Waals surface area contributed by atoms with Gasteiger partial charge in [-0.2, -0.15) is 0 Å². The molecule has 7 heteroatoms. The van der Waals surface area contributed by atoms with Gasteiger partial charge in [-0.1, -0.05) is 31.9 Å². The minimum absolute atomic E-state index is 0.0531. The molecule has 1 aliphatic rings. The second-order valence-electron chi connectivity index (χ2n) is 7.77. The normalized spacial score (nSPS) is 17.3. The molecule has 176 valence electrons. The molecule has 7 nitrogen and oxygen atoms in total. The lowest BCUT2D eigenvalue weighted by Gasteiger charge is -2.25. The van der Waals surface area contributed by atoms with Crippen LogP contribution in [0.25, 0.3) is 5.76 Å². The summed E-state index contributed by atoms with van der Waals surface area (Å²) >= 11 is 0. The van der Waals surface area contributed by atoms with Gasteiger partial charge < -0.3 is 24.2 Å². The minimum atomic E-state index is -0.713. The van der Waals surface area contributed by atoms with Crippen LogP contribution in [0.2, 0.25) is 0 Å². The highest BCUT2D eigenvalue weighted by atomic mass is 16.5. The van der Waals surface area contributed by atoms with Crippen molar-refractivity contribution < 1.29 is 28.9 Å². The predicted molar refractivity (Wildman–Crippen MR) is 126 cm³/mol. The van der Waals surface area contributed by atoms with Gasteiger partial charge in [0.15, 0.2) is 11.5 Å². The average Bonchev–Trinajstić information content (AvgIpc) is 3.08. The third kappa shape index (κ3) is 4.97. The average molecular weight is 454 g/mol. The quantitative estimate of drug-likeness (QED) is 0.243. The molecule has 0 aliphatic carbocycles. The van der Waals surface area contributed by atoms with E-state index in [0.29, 0.717) is 41.5 Å². The largest absolute Gasteiger partial charge is 0.507 e. The molecule has 33 heavy (non-hydrogen) atoms. The van der Waals surface area contributed by atoms with Gasteiger partial charge in [-0.3, -0.25) is 9.59 Å². The number of aliphatic hydroxyl groups is 1. The number of likely N-dealkylation sites (tertiary alicyclic amines) is 1. The predicted octanol–water partition coefficient (Wildman–Crippen LogP) is 4.71. The molecule has 1 fully saturated rings. The number of ether oxygens (including phenoxy) is 3. The van der Waals surface area contributed by atoms with Gasteiger partial charge in [-0.25, -0.2) is 0 Å². The van der Waals surface area contributed by atoms with Crippen LogP contribution in [0.1, 0.15) is 50.3 Å². The molecule has 1 atom stereocenters. The third-order valence-corrected chi connectivity index (χ3v) is 5.68. The summed E-state index contributed by atoms with van der Waals surface area (Å²) in [4.78, 5) is 27.7. The van der Waals surface area contributed by atoms with Gasteiger partial charge in [0.05, 0.1) is 32.4 Å². The Kier molecular flexibility index (Phi) is 7.98. The van der Waals surface area contributed by atoms with Crippen LogP contribution >= 0.6 is 0 Å². The Labute approximate surface area is 194 Å². The number of rotatable bonds is 10. The van der Waals surface area contributed by atoms with E-state index >= 15 is 0 Å². The molecular weight excluding hydrogens is 422 g/mol. The molecule has 0 saturated carbocycles. The van der Waals surface area contributed by atoms with E-state index in [1.807, 2.05) is 31.2 Å². The molecule has 0 spiro atoms. The Hall–Kier alpha value is -3.48. The van der Waals surface area contributed by atoms with Crippen molar-refractivity contribution in [3.63, 3.8) is 0 Å². The van der Waals surface area contributed by atoms with Crippen LogP contribution in [0.5, 0.6) is 17.2 Å². The van der Waals surface area contributed by atoms with Crippen molar-refractivity contribution in [1.82, 2.24) is 4.90 Å². The number of carbonyl (C=O) groups excluding carboxylic acids is 2. The van der Waals surface area contributed by atoms with E-state index in [1.165, 1.54) is 14.2 Å². The van der Waals surface area contributed by atoms with Crippen LogP contribution in [0, 0.1) is 0 Å². The van der Waals surface area contributed by atoms with Crippen molar-refractivity contribution in [3.8, 4) is 17.2 Å². The van der Waals surface area contributed by atoms with Gasteiger partial charge >= 0.3 is 0 Å². The number of benzene rings is 2. The molecule has 1 saturated heterocycles. The molecule has 1 unspecified atom stereocenters. The van der Waals surface area contributed by atoms with Gasteiger partial charge in [0, 0.05) is 12.1 Å². The Balaban J connectivity index is 2.15. The second-order valence-corrected chi connectivity index (χ2v) is 7.77. The first-order valence-electron chi connectivity index (χ1n) is 11.2. The fraction of sp³-hybridized carbons (Fsp3) is 0.385. The number of nitrogens with zero attached hydrogens (tertiary/aromatic N) is 1. The Morgan fingerprint density at radius 3 is 2.42 bits per heavy atom. The molecular formula is C26H31NO6. The van der Waals surface area contributed by atoms with E-state index < -0.39 is 17.7 Å². The topological polar surface area (TPSA) is 85.3 Å². The first-order chi connectivity index (χ1) is 16.0. The van der Waals surface area contributed by atoms with Crippen molar-refractivity contribution >= 4 is 17.4 Å². The molecule has 1 amide bonds. The molecule has 1 aliphatic heterocycles. The lowest BCUT2D eigenvalue weighted by atomic mass is 9.95. The lowest BCUT2D eigenvalue weighted by Crippen LogP contribution is -2.30. The number of amides is 1. The third-order valence-electron chi connectivity index (χ3n) is 5.68. The molecule has 1 heterocycles. The SMILES string of the molecule is CCCCCN1C(=O)C(=O)/C(=C(/O)c2ccc(OC)c(OC)c2)C1c1cccc(OCC)c1.